The predicted molar refractivity (Wildman–Crippen MR) is 115 cm³/mol. The van der Waals surface area contributed by atoms with Crippen LogP contribution in [0.2, 0.25) is 0 Å². The summed E-state index contributed by atoms with van der Waals surface area (Å²) in [6.45, 7) is 4.28. The molecule has 1 saturated carbocycles. The number of aryl methyl sites for hydroxylation is 2. The molecule has 2 aromatic carbocycles. The molecule has 0 unspecified atom stereocenters. The Hall–Kier alpha value is -3.26. The van der Waals surface area contributed by atoms with Gasteiger partial charge in [0, 0.05) is 17.3 Å². The van der Waals surface area contributed by atoms with Gasteiger partial charge in [0.05, 0.1) is 0 Å². The molecule has 154 valence electrons. The molecule has 1 aliphatic carbocycles. The van der Waals surface area contributed by atoms with Crippen molar-refractivity contribution < 1.29 is 14.3 Å². The zero-order valence-corrected chi connectivity index (χ0v) is 17.6. The third-order valence-electron chi connectivity index (χ3n) is 4.54. The van der Waals surface area contributed by atoms with Crippen LogP contribution in [0.4, 0.5) is 5.69 Å². The van der Waals surface area contributed by atoms with Crippen molar-refractivity contribution in [1.29, 1.82) is 0 Å². The van der Waals surface area contributed by atoms with E-state index in [0.717, 1.165) is 29.7 Å². The van der Waals surface area contributed by atoms with Crippen molar-refractivity contribution in [3.05, 3.63) is 69.2 Å². The fourth-order valence-corrected chi connectivity index (χ4v) is 3.60. The van der Waals surface area contributed by atoms with Crippen molar-refractivity contribution in [3.8, 4) is 5.75 Å². The molecule has 0 saturated heterocycles. The number of hydrogen-bond donors (Lipinski definition) is 2. The van der Waals surface area contributed by atoms with Crippen LogP contribution in [0.5, 0.6) is 5.75 Å². The summed E-state index contributed by atoms with van der Waals surface area (Å²) in [5.74, 6) is 0.327. The predicted octanol–water partition coefficient (Wildman–Crippen LogP) is 3.88. The summed E-state index contributed by atoms with van der Waals surface area (Å²) in [6, 6.07) is 13.1. The molecule has 0 radical (unpaired) electrons. The molecule has 0 spiro atoms. The smallest absolute Gasteiger partial charge is 0.286 e. The first-order valence-electron chi connectivity index (χ1n) is 9.72. The van der Waals surface area contributed by atoms with Gasteiger partial charge in [0.15, 0.2) is 5.01 Å². The SMILES string of the molecule is Cc1cc(C)cc(OCc2nnc(C(=O)Nc3ccc(C(=O)NC4CC4)cc3)s2)c1. The second-order valence-electron chi connectivity index (χ2n) is 7.39. The topological polar surface area (TPSA) is 93.2 Å². The quantitative estimate of drug-likeness (QED) is 0.603. The van der Waals surface area contributed by atoms with Gasteiger partial charge in [-0.25, -0.2) is 0 Å². The minimum atomic E-state index is -0.347. The van der Waals surface area contributed by atoms with Gasteiger partial charge in [-0.15, -0.1) is 10.2 Å². The van der Waals surface area contributed by atoms with Crippen LogP contribution in [0.25, 0.3) is 0 Å². The average Bonchev–Trinajstić information content (AvgIpc) is 3.39. The number of ether oxygens (including phenoxy) is 1. The Labute approximate surface area is 178 Å². The molecule has 0 atom stereocenters. The zero-order chi connectivity index (χ0) is 21.1. The van der Waals surface area contributed by atoms with Crippen LogP contribution in [-0.4, -0.2) is 28.1 Å². The summed E-state index contributed by atoms with van der Waals surface area (Å²) in [5, 5.41) is 14.6. The van der Waals surface area contributed by atoms with Crippen molar-refractivity contribution in [2.45, 2.75) is 39.3 Å². The fourth-order valence-electron chi connectivity index (χ4n) is 2.95. The third-order valence-corrected chi connectivity index (χ3v) is 5.43. The Kier molecular flexibility index (Phi) is 5.76. The molecular weight excluding hydrogens is 400 g/mol. The van der Waals surface area contributed by atoms with Crippen LogP contribution in [-0.2, 0) is 6.61 Å². The van der Waals surface area contributed by atoms with Crippen molar-refractivity contribution in [2.24, 2.45) is 0 Å². The Morgan fingerprint density at radius 1 is 1.03 bits per heavy atom. The number of carbonyl (C=O) groups is 2. The van der Waals surface area contributed by atoms with Crippen LogP contribution in [0.1, 0.15) is 49.1 Å². The molecule has 3 aromatic rings. The Bertz CT molecular complexity index is 1050. The van der Waals surface area contributed by atoms with E-state index in [0.29, 0.717) is 22.3 Å². The van der Waals surface area contributed by atoms with Crippen LogP contribution >= 0.6 is 11.3 Å². The first kappa shape index (κ1) is 20.0. The maximum Gasteiger partial charge on any atom is 0.286 e. The molecule has 1 heterocycles. The molecule has 2 N–H and O–H groups in total. The highest BCUT2D eigenvalue weighted by Gasteiger charge is 2.23. The zero-order valence-electron chi connectivity index (χ0n) is 16.8. The highest BCUT2D eigenvalue weighted by Crippen LogP contribution is 2.21. The lowest BCUT2D eigenvalue weighted by atomic mass is 10.1. The van der Waals surface area contributed by atoms with Crippen molar-refractivity contribution in [3.63, 3.8) is 0 Å². The maximum absolute atomic E-state index is 12.4. The number of carbonyl (C=O) groups excluding carboxylic acids is 2. The number of benzene rings is 2. The van der Waals surface area contributed by atoms with Crippen LogP contribution in [0.15, 0.2) is 42.5 Å². The van der Waals surface area contributed by atoms with E-state index in [9.17, 15) is 9.59 Å². The van der Waals surface area contributed by atoms with Gasteiger partial charge in [0.1, 0.15) is 12.4 Å². The number of amides is 2. The van der Waals surface area contributed by atoms with E-state index < -0.39 is 0 Å². The summed E-state index contributed by atoms with van der Waals surface area (Å²) in [4.78, 5) is 24.5. The number of nitrogens with zero attached hydrogens (tertiary/aromatic N) is 2. The Morgan fingerprint density at radius 3 is 2.40 bits per heavy atom. The van der Waals surface area contributed by atoms with Gasteiger partial charge in [-0.3, -0.25) is 9.59 Å². The van der Waals surface area contributed by atoms with Gasteiger partial charge in [-0.1, -0.05) is 17.4 Å². The lowest BCUT2D eigenvalue weighted by Gasteiger charge is -2.06. The van der Waals surface area contributed by atoms with Crippen LogP contribution in [0, 0.1) is 13.8 Å². The number of anilines is 1. The lowest BCUT2D eigenvalue weighted by Crippen LogP contribution is -2.25. The summed E-state index contributed by atoms with van der Waals surface area (Å²) < 4.78 is 5.77. The van der Waals surface area contributed by atoms with Gasteiger partial charge in [-0.2, -0.15) is 0 Å². The van der Waals surface area contributed by atoms with E-state index in [2.05, 4.69) is 26.9 Å². The minimum absolute atomic E-state index is 0.0899. The molecule has 1 aliphatic rings. The van der Waals surface area contributed by atoms with Crippen molar-refractivity contribution in [2.75, 3.05) is 5.32 Å². The van der Waals surface area contributed by atoms with E-state index in [4.69, 9.17) is 4.74 Å². The highest BCUT2D eigenvalue weighted by molar-refractivity contribution is 7.13. The van der Waals surface area contributed by atoms with Gasteiger partial charge < -0.3 is 15.4 Å². The normalized spacial score (nSPS) is 13.0. The summed E-state index contributed by atoms with van der Waals surface area (Å²) >= 11 is 1.19. The minimum Gasteiger partial charge on any atom is -0.486 e. The highest BCUT2D eigenvalue weighted by atomic mass is 32.1. The Balaban J connectivity index is 1.32. The molecule has 30 heavy (non-hydrogen) atoms. The first-order valence-corrected chi connectivity index (χ1v) is 10.5. The third kappa shape index (κ3) is 5.21. The van der Waals surface area contributed by atoms with Gasteiger partial charge in [0.2, 0.25) is 5.01 Å². The fraction of sp³-hybridized carbons (Fsp3) is 0.273. The largest absolute Gasteiger partial charge is 0.486 e. The van der Waals surface area contributed by atoms with Crippen molar-refractivity contribution >= 4 is 28.8 Å². The van der Waals surface area contributed by atoms with E-state index in [1.807, 2.05) is 26.0 Å². The van der Waals surface area contributed by atoms with Gasteiger partial charge >= 0.3 is 0 Å². The second-order valence-corrected chi connectivity index (χ2v) is 8.45. The van der Waals surface area contributed by atoms with Crippen LogP contribution < -0.4 is 15.4 Å². The van der Waals surface area contributed by atoms with Crippen molar-refractivity contribution in [1.82, 2.24) is 15.5 Å². The molecule has 4 rings (SSSR count). The monoisotopic (exact) mass is 422 g/mol. The van der Waals surface area contributed by atoms with E-state index in [1.54, 1.807) is 24.3 Å². The molecule has 2 amide bonds. The molecule has 8 heteroatoms. The average molecular weight is 423 g/mol. The standard InChI is InChI=1S/C22H22N4O3S/c1-13-9-14(2)11-18(10-13)29-12-19-25-26-22(30-19)21(28)24-16-5-3-15(4-6-16)20(27)23-17-7-8-17/h3-6,9-11,17H,7-8,12H2,1-2H3,(H,23,27)(H,24,28). The van der Waals surface area contributed by atoms with Gasteiger partial charge in [-0.05, 0) is 74.2 Å². The molecule has 0 aliphatic heterocycles. The molecule has 1 fully saturated rings. The molecule has 7 nitrogen and oxygen atoms in total. The lowest BCUT2D eigenvalue weighted by molar-refractivity contribution is 0.0950. The molecule has 1 aromatic heterocycles. The molecule has 0 bridgehead atoms. The number of aromatic nitrogens is 2. The van der Waals surface area contributed by atoms with E-state index in [1.165, 1.54) is 11.3 Å². The summed E-state index contributed by atoms with van der Waals surface area (Å²) in [6.07, 6.45) is 2.08. The second kappa shape index (κ2) is 8.62. The summed E-state index contributed by atoms with van der Waals surface area (Å²) in [5.41, 5.74) is 3.41. The molecular formula is C22H22N4O3S. The Morgan fingerprint density at radius 2 is 1.73 bits per heavy atom. The number of nitrogens with one attached hydrogen (secondary N) is 2. The maximum atomic E-state index is 12.4. The summed E-state index contributed by atoms with van der Waals surface area (Å²) in [7, 11) is 0. The van der Waals surface area contributed by atoms with Crippen LogP contribution in [0.3, 0.4) is 0 Å². The van der Waals surface area contributed by atoms with E-state index >= 15 is 0 Å². The number of hydrogen-bond acceptors (Lipinski definition) is 6. The van der Waals surface area contributed by atoms with E-state index in [-0.39, 0.29) is 23.4 Å². The first-order chi connectivity index (χ1) is 14.5. The number of rotatable bonds is 7. The van der Waals surface area contributed by atoms with Gasteiger partial charge in [0.25, 0.3) is 11.8 Å².